The highest BCUT2D eigenvalue weighted by molar-refractivity contribution is 4.99. The molecule has 2 rings (SSSR count). The van der Waals surface area contributed by atoms with Gasteiger partial charge in [-0.3, -0.25) is 0 Å². The van der Waals surface area contributed by atoms with E-state index in [0.717, 1.165) is 6.42 Å². The lowest BCUT2D eigenvalue weighted by Crippen LogP contribution is -2.31. The number of ether oxygens (including phenoxy) is 1. The molecule has 0 radical (unpaired) electrons. The molecule has 3 heteroatoms. The molecule has 1 aliphatic carbocycles. The molecule has 1 saturated carbocycles. The van der Waals surface area contributed by atoms with Gasteiger partial charge in [-0.25, -0.2) is 0 Å². The first-order chi connectivity index (χ1) is 4.76. The van der Waals surface area contributed by atoms with E-state index >= 15 is 0 Å². The van der Waals surface area contributed by atoms with Crippen LogP contribution in [0.15, 0.2) is 0 Å². The number of hydrogen-bond donors (Lipinski definition) is 2. The van der Waals surface area contributed by atoms with Gasteiger partial charge < -0.3 is 14.9 Å². The quantitative estimate of drug-likeness (QED) is 0.522. The second kappa shape index (κ2) is 1.94. The molecule has 3 atom stereocenters. The molecule has 0 aromatic carbocycles. The predicted molar refractivity (Wildman–Crippen MR) is 34.5 cm³/mol. The molecular weight excluding hydrogens is 132 g/mol. The second-order valence-electron chi connectivity index (χ2n) is 3.48. The van der Waals surface area contributed by atoms with Crippen molar-refractivity contribution in [3.63, 3.8) is 0 Å². The van der Waals surface area contributed by atoms with Crippen LogP contribution < -0.4 is 0 Å². The summed E-state index contributed by atoms with van der Waals surface area (Å²) in [5.74, 6) is 0. The third-order valence-corrected chi connectivity index (χ3v) is 2.64. The molecule has 0 aromatic rings. The van der Waals surface area contributed by atoms with Crippen LogP contribution in [0.5, 0.6) is 0 Å². The average molecular weight is 144 g/mol. The Balaban J connectivity index is 2.14. The highest BCUT2D eigenvalue weighted by Gasteiger charge is 2.50. The molecule has 2 aliphatic rings. The Kier molecular flexibility index (Phi) is 1.27. The van der Waals surface area contributed by atoms with Gasteiger partial charge in [-0.15, -0.1) is 0 Å². The zero-order chi connectivity index (χ0) is 7.19. The number of rotatable bonds is 1. The Labute approximate surface area is 59.6 Å². The fourth-order valence-corrected chi connectivity index (χ4v) is 1.97. The third kappa shape index (κ3) is 0.713. The highest BCUT2D eigenvalue weighted by Crippen LogP contribution is 2.45. The SMILES string of the molecule is OC[C@]12COC(C1)C(O)C2. The number of aliphatic hydroxyl groups is 2. The van der Waals surface area contributed by atoms with Crippen molar-refractivity contribution in [3.05, 3.63) is 0 Å². The highest BCUT2D eigenvalue weighted by atomic mass is 16.5. The van der Waals surface area contributed by atoms with E-state index in [1.807, 2.05) is 0 Å². The summed E-state index contributed by atoms with van der Waals surface area (Å²) in [4.78, 5) is 0. The van der Waals surface area contributed by atoms with Gasteiger partial charge >= 0.3 is 0 Å². The first-order valence-corrected chi connectivity index (χ1v) is 3.66. The standard InChI is InChI=1S/C7H12O3/c8-3-7-1-5(9)6(2-7)10-4-7/h5-6,8-9H,1-4H2/t5?,6?,7-/m1/s1. The van der Waals surface area contributed by atoms with Crippen molar-refractivity contribution >= 4 is 0 Å². The van der Waals surface area contributed by atoms with Crippen molar-refractivity contribution in [1.82, 2.24) is 0 Å². The van der Waals surface area contributed by atoms with Crippen LogP contribution in [-0.4, -0.2) is 35.6 Å². The molecule has 1 heterocycles. The zero-order valence-electron chi connectivity index (χ0n) is 5.79. The van der Waals surface area contributed by atoms with Crippen LogP contribution in [0.1, 0.15) is 12.8 Å². The van der Waals surface area contributed by atoms with Gasteiger partial charge in [0.1, 0.15) is 0 Å². The molecule has 3 nitrogen and oxygen atoms in total. The van der Waals surface area contributed by atoms with E-state index < -0.39 is 0 Å². The maximum atomic E-state index is 9.28. The van der Waals surface area contributed by atoms with Crippen LogP contribution in [0.25, 0.3) is 0 Å². The van der Waals surface area contributed by atoms with Gasteiger partial charge in [0, 0.05) is 5.41 Å². The zero-order valence-corrected chi connectivity index (χ0v) is 5.79. The lowest BCUT2D eigenvalue weighted by atomic mass is 9.89. The fourth-order valence-electron chi connectivity index (χ4n) is 1.97. The number of aliphatic hydroxyl groups excluding tert-OH is 2. The topological polar surface area (TPSA) is 49.7 Å². The predicted octanol–water partition coefficient (Wildman–Crippen LogP) is -0.481. The Bertz CT molecular complexity index is 144. The molecule has 2 unspecified atom stereocenters. The molecule has 0 aromatic heterocycles. The van der Waals surface area contributed by atoms with Gasteiger partial charge in [0.2, 0.25) is 0 Å². The number of fused-ring (bicyclic) bond motifs is 2. The summed E-state index contributed by atoms with van der Waals surface area (Å²) >= 11 is 0. The van der Waals surface area contributed by atoms with Gasteiger partial charge in [0.25, 0.3) is 0 Å². The fraction of sp³-hybridized carbons (Fsp3) is 1.00. The minimum absolute atomic E-state index is 0.00662. The summed E-state index contributed by atoms with van der Waals surface area (Å²) in [5.41, 5.74) is -0.0932. The van der Waals surface area contributed by atoms with Crippen molar-refractivity contribution in [2.45, 2.75) is 25.0 Å². The van der Waals surface area contributed by atoms with E-state index in [1.54, 1.807) is 0 Å². The van der Waals surface area contributed by atoms with E-state index in [-0.39, 0.29) is 24.2 Å². The molecule has 0 spiro atoms. The first kappa shape index (κ1) is 6.58. The largest absolute Gasteiger partial charge is 0.396 e. The van der Waals surface area contributed by atoms with Crippen LogP contribution in [0.3, 0.4) is 0 Å². The van der Waals surface area contributed by atoms with Crippen LogP contribution in [0, 0.1) is 5.41 Å². The Morgan fingerprint density at radius 3 is 2.60 bits per heavy atom. The Morgan fingerprint density at radius 1 is 1.50 bits per heavy atom. The number of hydrogen-bond acceptors (Lipinski definition) is 3. The molecule has 2 bridgehead atoms. The normalized spacial score (nSPS) is 52.2. The molecule has 2 N–H and O–H groups in total. The minimum Gasteiger partial charge on any atom is -0.396 e. The van der Waals surface area contributed by atoms with Gasteiger partial charge in [0.15, 0.2) is 0 Å². The third-order valence-electron chi connectivity index (χ3n) is 2.64. The minimum atomic E-state index is -0.333. The molecule has 1 saturated heterocycles. The van der Waals surface area contributed by atoms with Gasteiger partial charge in [-0.2, -0.15) is 0 Å². The summed E-state index contributed by atoms with van der Waals surface area (Å²) in [6.07, 6.45) is 1.23. The molecule has 10 heavy (non-hydrogen) atoms. The molecule has 58 valence electrons. The lowest BCUT2D eigenvalue weighted by molar-refractivity contribution is -0.0514. The summed E-state index contributed by atoms with van der Waals surface area (Å²) in [5, 5.41) is 18.2. The van der Waals surface area contributed by atoms with Crippen molar-refractivity contribution < 1.29 is 14.9 Å². The van der Waals surface area contributed by atoms with E-state index in [4.69, 9.17) is 9.84 Å². The van der Waals surface area contributed by atoms with Gasteiger partial charge in [-0.1, -0.05) is 0 Å². The monoisotopic (exact) mass is 144 g/mol. The van der Waals surface area contributed by atoms with Crippen molar-refractivity contribution in [1.29, 1.82) is 0 Å². The summed E-state index contributed by atoms with van der Waals surface area (Å²) in [6, 6.07) is 0. The van der Waals surface area contributed by atoms with E-state index in [2.05, 4.69) is 0 Å². The summed E-state index contributed by atoms with van der Waals surface area (Å²) in [6.45, 7) is 0.784. The Hall–Kier alpha value is -0.120. The van der Waals surface area contributed by atoms with Crippen molar-refractivity contribution in [3.8, 4) is 0 Å². The average Bonchev–Trinajstić information content (AvgIpc) is 2.45. The summed E-state index contributed by atoms with van der Waals surface area (Å²) < 4.78 is 5.25. The first-order valence-electron chi connectivity index (χ1n) is 3.66. The Morgan fingerprint density at radius 2 is 2.30 bits per heavy atom. The van der Waals surface area contributed by atoms with E-state index in [1.165, 1.54) is 0 Å². The van der Waals surface area contributed by atoms with E-state index in [0.29, 0.717) is 13.0 Å². The second-order valence-corrected chi connectivity index (χ2v) is 3.48. The smallest absolute Gasteiger partial charge is 0.0841 e. The van der Waals surface area contributed by atoms with Crippen LogP contribution in [-0.2, 0) is 4.74 Å². The summed E-state index contributed by atoms with van der Waals surface area (Å²) in [7, 11) is 0. The van der Waals surface area contributed by atoms with Crippen molar-refractivity contribution in [2.75, 3.05) is 13.2 Å². The van der Waals surface area contributed by atoms with Crippen LogP contribution in [0.2, 0.25) is 0 Å². The van der Waals surface area contributed by atoms with Gasteiger partial charge in [0.05, 0.1) is 25.4 Å². The molecule has 1 aliphatic heterocycles. The molecule has 0 amide bonds. The molecular formula is C7H12O3. The van der Waals surface area contributed by atoms with Gasteiger partial charge in [-0.05, 0) is 12.8 Å². The maximum Gasteiger partial charge on any atom is 0.0841 e. The van der Waals surface area contributed by atoms with Crippen LogP contribution >= 0.6 is 0 Å². The van der Waals surface area contributed by atoms with Crippen LogP contribution in [0.4, 0.5) is 0 Å². The lowest BCUT2D eigenvalue weighted by Gasteiger charge is -2.24. The van der Waals surface area contributed by atoms with E-state index in [9.17, 15) is 5.11 Å². The molecule has 2 fully saturated rings. The maximum absolute atomic E-state index is 9.28. The van der Waals surface area contributed by atoms with Crippen molar-refractivity contribution in [2.24, 2.45) is 5.41 Å².